The number of benzene rings is 1. The van der Waals surface area contributed by atoms with Crippen molar-refractivity contribution in [2.75, 3.05) is 5.32 Å². The van der Waals surface area contributed by atoms with Crippen molar-refractivity contribution in [2.45, 2.75) is 35.7 Å². The molecule has 1 aliphatic carbocycles. The first-order valence-electron chi connectivity index (χ1n) is 8.81. The molecule has 1 fully saturated rings. The number of halogens is 1. The van der Waals surface area contributed by atoms with Crippen LogP contribution in [0.15, 0.2) is 53.4 Å². The molecule has 1 N–H and O–H groups in total. The molecule has 29 heavy (non-hydrogen) atoms. The van der Waals surface area contributed by atoms with E-state index in [0.717, 1.165) is 18.4 Å². The first-order chi connectivity index (χ1) is 14.0. The Balaban J connectivity index is 1.66. The molecule has 2 aromatic heterocycles. The molecular formula is C18H16ClN7O2S. The van der Waals surface area contributed by atoms with E-state index in [2.05, 4.69) is 32.1 Å². The molecule has 148 valence electrons. The van der Waals surface area contributed by atoms with Crippen LogP contribution in [0.3, 0.4) is 0 Å². The van der Waals surface area contributed by atoms with Crippen LogP contribution in [-0.4, -0.2) is 35.7 Å². The number of nitro groups is 1. The second-order valence-corrected chi connectivity index (χ2v) is 7.75. The van der Waals surface area contributed by atoms with Gasteiger partial charge < -0.3 is 5.32 Å². The molecule has 0 saturated heterocycles. The molecule has 2 heterocycles. The van der Waals surface area contributed by atoms with E-state index in [1.807, 2.05) is 16.7 Å². The van der Waals surface area contributed by atoms with Gasteiger partial charge in [-0.2, -0.15) is 4.98 Å². The van der Waals surface area contributed by atoms with Crippen LogP contribution in [0, 0.1) is 10.1 Å². The van der Waals surface area contributed by atoms with Crippen molar-refractivity contribution in [1.82, 2.24) is 24.7 Å². The number of allylic oxidation sites excluding steroid dienone is 1. The molecule has 0 radical (unpaired) electrons. The Bertz CT molecular complexity index is 1070. The van der Waals surface area contributed by atoms with Gasteiger partial charge in [-0.05, 0) is 48.9 Å². The van der Waals surface area contributed by atoms with Gasteiger partial charge in [-0.1, -0.05) is 17.7 Å². The average Bonchev–Trinajstić information content (AvgIpc) is 3.43. The first kappa shape index (κ1) is 19.3. The topological polar surface area (TPSA) is 112 Å². The Kier molecular flexibility index (Phi) is 5.45. The minimum atomic E-state index is -0.488. The lowest BCUT2D eigenvalue weighted by Crippen LogP contribution is -2.08. The summed E-state index contributed by atoms with van der Waals surface area (Å²) in [5.74, 6) is 0.880. The van der Waals surface area contributed by atoms with Gasteiger partial charge >= 0.3 is 5.69 Å². The van der Waals surface area contributed by atoms with Crippen LogP contribution in [0.4, 0.5) is 11.5 Å². The van der Waals surface area contributed by atoms with Crippen LogP contribution in [0.2, 0.25) is 5.02 Å². The highest BCUT2D eigenvalue weighted by atomic mass is 35.5. The van der Waals surface area contributed by atoms with Gasteiger partial charge in [0.2, 0.25) is 5.82 Å². The standard InChI is InChI=1S/C18H16ClN7O2S/c1-2-9-25-16(11-3-5-12(19)6-4-11)23-24-18(25)29-17-20-10-14(26(27)28)15(22-17)21-13-7-8-13/h2-6,10,13H,1,7-9H2,(H,20,21,22). The molecule has 4 rings (SSSR count). The number of nitrogens with zero attached hydrogens (tertiary/aromatic N) is 6. The number of rotatable bonds is 8. The summed E-state index contributed by atoms with van der Waals surface area (Å²) < 4.78 is 1.87. The van der Waals surface area contributed by atoms with Gasteiger partial charge in [-0.3, -0.25) is 14.7 Å². The van der Waals surface area contributed by atoms with Crippen molar-refractivity contribution in [1.29, 1.82) is 0 Å². The lowest BCUT2D eigenvalue weighted by Gasteiger charge is -2.08. The Morgan fingerprint density at radius 2 is 2.10 bits per heavy atom. The van der Waals surface area contributed by atoms with Gasteiger partial charge in [0.1, 0.15) is 6.20 Å². The predicted octanol–water partition coefficient (Wildman–Crippen LogP) is 4.21. The molecule has 1 saturated carbocycles. The summed E-state index contributed by atoms with van der Waals surface area (Å²) in [6.45, 7) is 4.27. The lowest BCUT2D eigenvalue weighted by molar-refractivity contribution is -0.384. The van der Waals surface area contributed by atoms with E-state index in [4.69, 9.17) is 11.6 Å². The summed E-state index contributed by atoms with van der Waals surface area (Å²) in [5, 5.41) is 24.4. The van der Waals surface area contributed by atoms with Crippen LogP contribution in [0.5, 0.6) is 0 Å². The van der Waals surface area contributed by atoms with Crippen LogP contribution >= 0.6 is 23.4 Å². The average molecular weight is 430 g/mol. The van der Waals surface area contributed by atoms with Gasteiger partial charge in [0, 0.05) is 23.2 Å². The maximum atomic E-state index is 11.2. The van der Waals surface area contributed by atoms with E-state index in [9.17, 15) is 10.1 Å². The second kappa shape index (κ2) is 8.18. The molecule has 9 nitrogen and oxygen atoms in total. The number of anilines is 1. The fourth-order valence-corrected chi connectivity index (χ4v) is 3.51. The molecule has 0 bridgehead atoms. The SMILES string of the molecule is C=CCn1c(Sc2ncc([N+](=O)[O-])c(NC3CC3)n2)nnc1-c1ccc(Cl)cc1. The van der Waals surface area contributed by atoms with E-state index in [0.29, 0.717) is 27.7 Å². The zero-order valence-corrected chi connectivity index (χ0v) is 16.7. The van der Waals surface area contributed by atoms with Crippen LogP contribution in [-0.2, 0) is 6.54 Å². The molecule has 1 aliphatic rings. The van der Waals surface area contributed by atoms with Crippen molar-refractivity contribution in [2.24, 2.45) is 0 Å². The maximum Gasteiger partial charge on any atom is 0.329 e. The van der Waals surface area contributed by atoms with Crippen LogP contribution in [0.25, 0.3) is 11.4 Å². The van der Waals surface area contributed by atoms with E-state index >= 15 is 0 Å². The Labute approximate surface area is 175 Å². The third-order valence-corrected chi connectivity index (χ3v) is 5.29. The Morgan fingerprint density at radius 1 is 1.34 bits per heavy atom. The molecule has 0 spiro atoms. The molecular weight excluding hydrogens is 414 g/mol. The molecule has 11 heteroatoms. The number of nitrogens with one attached hydrogen (secondary N) is 1. The minimum Gasteiger partial charge on any atom is -0.361 e. The van der Waals surface area contributed by atoms with E-state index in [1.165, 1.54) is 18.0 Å². The summed E-state index contributed by atoms with van der Waals surface area (Å²) in [6, 6.07) is 7.51. The fourth-order valence-electron chi connectivity index (χ4n) is 2.62. The smallest absolute Gasteiger partial charge is 0.329 e. The number of hydrogen-bond donors (Lipinski definition) is 1. The van der Waals surface area contributed by atoms with Gasteiger partial charge in [0.15, 0.2) is 16.1 Å². The number of aromatic nitrogens is 5. The minimum absolute atomic E-state index is 0.143. The molecule has 3 aromatic rings. The van der Waals surface area contributed by atoms with E-state index in [1.54, 1.807) is 18.2 Å². The highest BCUT2D eigenvalue weighted by Crippen LogP contribution is 2.33. The van der Waals surface area contributed by atoms with Gasteiger partial charge in [0.25, 0.3) is 0 Å². The van der Waals surface area contributed by atoms with E-state index < -0.39 is 4.92 Å². The molecule has 0 unspecified atom stereocenters. The summed E-state index contributed by atoms with van der Waals surface area (Å²) in [5.41, 5.74) is 0.715. The van der Waals surface area contributed by atoms with Crippen LogP contribution in [0.1, 0.15) is 12.8 Å². The first-order valence-corrected chi connectivity index (χ1v) is 10.0. The molecule has 0 aliphatic heterocycles. The Hall–Kier alpha value is -2.98. The molecule has 1 aromatic carbocycles. The van der Waals surface area contributed by atoms with Gasteiger partial charge in [0.05, 0.1) is 4.92 Å². The highest BCUT2D eigenvalue weighted by Gasteiger charge is 2.27. The zero-order chi connectivity index (χ0) is 20.4. The van der Waals surface area contributed by atoms with Crippen molar-refractivity contribution in [3.63, 3.8) is 0 Å². The Morgan fingerprint density at radius 3 is 2.76 bits per heavy atom. The molecule has 0 amide bonds. The van der Waals surface area contributed by atoms with Crippen molar-refractivity contribution < 1.29 is 4.92 Å². The predicted molar refractivity (Wildman–Crippen MR) is 110 cm³/mol. The normalized spacial score (nSPS) is 13.3. The summed E-state index contributed by atoms with van der Waals surface area (Å²) >= 11 is 7.15. The lowest BCUT2D eigenvalue weighted by atomic mass is 10.2. The van der Waals surface area contributed by atoms with E-state index in [-0.39, 0.29) is 17.5 Å². The zero-order valence-electron chi connectivity index (χ0n) is 15.2. The summed E-state index contributed by atoms with van der Waals surface area (Å²) in [6.07, 6.45) is 4.90. The fraction of sp³-hybridized carbons (Fsp3) is 0.222. The van der Waals surface area contributed by atoms with Gasteiger partial charge in [-0.25, -0.2) is 4.98 Å². The third-order valence-electron chi connectivity index (χ3n) is 4.18. The monoisotopic (exact) mass is 429 g/mol. The quantitative estimate of drug-likeness (QED) is 0.245. The van der Waals surface area contributed by atoms with Gasteiger partial charge in [-0.15, -0.1) is 16.8 Å². The third kappa shape index (κ3) is 4.38. The largest absolute Gasteiger partial charge is 0.361 e. The summed E-state index contributed by atoms with van der Waals surface area (Å²) in [7, 11) is 0. The van der Waals surface area contributed by atoms with Crippen molar-refractivity contribution in [3.05, 3.63) is 58.3 Å². The molecule has 0 atom stereocenters. The summed E-state index contributed by atoms with van der Waals surface area (Å²) in [4.78, 5) is 19.2. The maximum absolute atomic E-state index is 11.2. The van der Waals surface area contributed by atoms with Crippen LogP contribution < -0.4 is 5.32 Å². The van der Waals surface area contributed by atoms with Crippen molar-refractivity contribution >= 4 is 34.9 Å². The number of hydrogen-bond acceptors (Lipinski definition) is 8. The highest BCUT2D eigenvalue weighted by molar-refractivity contribution is 7.99. The second-order valence-electron chi connectivity index (χ2n) is 6.38. The van der Waals surface area contributed by atoms with Crippen molar-refractivity contribution in [3.8, 4) is 11.4 Å².